The van der Waals surface area contributed by atoms with Crippen molar-refractivity contribution in [3.8, 4) is 6.07 Å². The van der Waals surface area contributed by atoms with Crippen LogP contribution in [0.1, 0.15) is 11.1 Å². The van der Waals surface area contributed by atoms with Crippen molar-refractivity contribution in [3.63, 3.8) is 0 Å². The zero-order chi connectivity index (χ0) is 21.7. The molecular weight excluding hydrogens is 400 g/mol. The van der Waals surface area contributed by atoms with E-state index in [1.807, 2.05) is 32.0 Å². The Balaban J connectivity index is 1.66. The minimum Gasteiger partial charge on any atom is -0.373 e. The van der Waals surface area contributed by atoms with E-state index >= 15 is 0 Å². The highest BCUT2D eigenvalue weighted by Crippen LogP contribution is 2.20. The van der Waals surface area contributed by atoms with Crippen molar-refractivity contribution in [2.75, 3.05) is 31.5 Å². The third kappa shape index (κ3) is 4.70. The van der Waals surface area contributed by atoms with E-state index in [4.69, 9.17) is 0 Å². The van der Waals surface area contributed by atoms with Crippen molar-refractivity contribution in [3.05, 3.63) is 71.4 Å². The lowest BCUT2D eigenvalue weighted by Gasteiger charge is -2.33. The second-order valence-electron chi connectivity index (χ2n) is 7.11. The number of nitrogens with zero attached hydrogens (tertiary/aromatic N) is 3. The summed E-state index contributed by atoms with van der Waals surface area (Å²) in [5.41, 5.74) is 2.64. The lowest BCUT2D eigenvalue weighted by molar-refractivity contribution is -0.112. The summed E-state index contributed by atoms with van der Waals surface area (Å²) in [6.45, 7) is 5.22. The van der Waals surface area contributed by atoms with Crippen molar-refractivity contribution in [2.45, 2.75) is 18.7 Å². The van der Waals surface area contributed by atoms with Gasteiger partial charge in [0, 0.05) is 38.1 Å². The third-order valence-electron chi connectivity index (χ3n) is 5.18. The van der Waals surface area contributed by atoms with Crippen LogP contribution in [0.3, 0.4) is 0 Å². The Morgan fingerprint density at radius 1 is 1.03 bits per heavy atom. The molecule has 1 amide bonds. The zero-order valence-electron chi connectivity index (χ0n) is 17.0. The average Bonchev–Trinajstić information content (AvgIpc) is 2.76. The number of anilines is 1. The highest BCUT2D eigenvalue weighted by Gasteiger charge is 2.28. The molecule has 30 heavy (non-hydrogen) atoms. The Labute approximate surface area is 177 Å². The molecule has 1 fully saturated rings. The highest BCUT2D eigenvalue weighted by atomic mass is 32.2. The van der Waals surface area contributed by atoms with E-state index in [1.54, 1.807) is 41.3 Å². The third-order valence-corrected chi connectivity index (χ3v) is 7.10. The summed E-state index contributed by atoms with van der Waals surface area (Å²) in [5, 5.41) is 12.2. The summed E-state index contributed by atoms with van der Waals surface area (Å²) in [4.78, 5) is 14.6. The quantitative estimate of drug-likeness (QED) is 0.588. The number of aryl methyl sites for hydroxylation is 1. The Hall–Kier alpha value is -3.15. The molecule has 0 atom stereocenters. The fourth-order valence-electron chi connectivity index (χ4n) is 3.21. The lowest BCUT2D eigenvalue weighted by Crippen LogP contribution is -2.46. The van der Waals surface area contributed by atoms with E-state index in [0.717, 1.165) is 11.1 Å². The molecule has 2 aromatic carbocycles. The maximum Gasteiger partial charge on any atom is 0.267 e. The van der Waals surface area contributed by atoms with Crippen molar-refractivity contribution in [1.29, 1.82) is 5.26 Å². The van der Waals surface area contributed by atoms with Crippen LogP contribution < -0.4 is 5.32 Å². The first-order valence-corrected chi connectivity index (χ1v) is 11.1. The maximum absolute atomic E-state index is 12.7. The molecule has 1 aliphatic heterocycles. The Kier molecular flexibility index (Phi) is 6.55. The van der Waals surface area contributed by atoms with Crippen LogP contribution in [0.25, 0.3) is 0 Å². The van der Waals surface area contributed by atoms with Gasteiger partial charge in [-0.05, 0) is 43.2 Å². The molecule has 7 nitrogen and oxygen atoms in total. The number of carbonyl (C=O) groups excluding carboxylic acids is 1. The molecule has 0 unspecified atom stereocenters. The van der Waals surface area contributed by atoms with Gasteiger partial charge >= 0.3 is 0 Å². The molecule has 0 saturated carbocycles. The average molecular weight is 425 g/mol. The molecule has 1 aliphatic rings. The van der Waals surface area contributed by atoms with Crippen molar-refractivity contribution < 1.29 is 13.2 Å². The molecule has 0 aliphatic carbocycles. The van der Waals surface area contributed by atoms with Crippen molar-refractivity contribution in [1.82, 2.24) is 9.21 Å². The molecule has 3 rings (SSSR count). The highest BCUT2D eigenvalue weighted by molar-refractivity contribution is 7.89. The van der Waals surface area contributed by atoms with Gasteiger partial charge in [-0.2, -0.15) is 9.57 Å². The van der Waals surface area contributed by atoms with Crippen LogP contribution in [0.15, 0.2) is 65.2 Å². The van der Waals surface area contributed by atoms with Gasteiger partial charge in [0.05, 0.1) is 4.90 Å². The van der Waals surface area contributed by atoms with Crippen LogP contribution >= 0.6 is 0 Å². The summed E-state index contributed by atoms with van der Waals surface area (Å²) in [5.74, 6) is -0.481. The van der Waals surface area contributed by atoms with Crippen LogP contribution in [0, 0.1) is 25.2 Å². The summed E-state index contributed by atoms with van der Waals surface area (Å²) in [6, 6.07) is 15.9. The number of sulfonamides is 1. The predicted molar refractivity (Wildman–Crippen MR) is 115 cm³/mol. The largest absolute Gasteiger partial charge is 0.373 e. The minimum atomic E-state index is -3.54. The first-order valence-electron chi connectivity index (χ1n) is 9.61. The van der Waals surface area contributed by atoms with Crippen LogP contribution in [0.5, 0.6) is 0 Å². The number of piperazine rings is 1. The Bertz CT molecular complexity index is 1100. The van der Waals surface area contributed by atoms with Crippen molar-refractivity contribution in [2.24, 2.45) is 0 Å². The number of benzene rings is 2. The molecule has 1 N–H and O–H groups in total. The molecule has 2 aromatic rings. The van der Waals surface area contributed by atoms with Gasteiger partial charge in [0.25, 0.3) is 5.91 Å². The number of nitrogens with one attached hydrogen (secondary N) is 1. The number of carbonyl (C=O) groups is 1. The number of amides is 1. The number of hydrogen-bond acceptors (Lipinski definition) is 5. The SMILES string of the molecule is Cc1cccc(NC(=O)/C(C#N)=C\N2CCN(S(=O)(=O)c3ccccc3)CC2)c1C. The second-order valence-corrected chi connectivity index (χ2v) is 9.05. The lowest BCUT2D eigenvalue weighted by atomic mass is 10.1. The van der Waals surface area contributed by atoms with Gasteiger partial charge in [0.1, 0.15) is 11.6 Å². The molecular formula is C22H24N4O3S. The fourth-order valence-corrected chi connectivity index (χ4v) is 4.65. The van der Waals surface area contributed by atoms with E-state index in [-0.39, 0.29) is 23.6 Å². The van der Waals surface area contributed by atoms with E-state index in [9.17, 15) is 18.5 Å². The predicted octanol–water partition coefficient (Wildman–Crippen LogP) is 2.66. The van der Waals surface area contributed by atoms with E-state index in [0.29, 0.717) is 18.8 Å². The van der Waals surface area contributed by atoms with Crippen LogP contribution in [-0.4, -0.2) is 49.7 Å². The van der Waals surface area contributed by atoms with E-state index in [1.165, 1.54) is 10.5 Å². The van der Waals surface area contributed by atoms with Gasteiger partial charge in [-0.3, -0.25) is 4.79 Å². The fraction of sp³-hybridized carbons (Fsp3) is 0.273. The van der Waals surface area contributed by atoms with Crippen LogP contribution in [0.2, 0.25) is 0 Å². The normalized spacial score (nSPS) is 15.5. The standard InChI is InChI=1S/C22H24N4O3S/c1-17-7-6-10-21(18(17)2)24-22(27)19(15-23)16-25-11-13-26(14-12-25)30(28,29)20-8-4-3-5-9-20/h3-10,16H,11-14H2,1-2H3,(H,24,27)/b19-16-. The van der Waals surface area contributed by atoms with E-state index < -0.39 is 15.9 Å². The Morgan fingerprint density at radius 2 is 1.70 bits per heavy atom. The van der Waals surface area contributed by atoms with Gasteiger partial charge in [-0.25, -0.2) is 8.42 Å². The van der Waals surface area contributed by atoms with Gasteiger partial charge in [0.15, 0.2) is 0 Å². The molecule has 1 heterocycles. The van der Waals surface area contributed by atoms with Gasteiger partial charge in [-0.1, -0.05) is 30.3 Å². The number of nitriles is 1. The topological polar surface area (TPSA) is 93.5 Å². The van der Waals surface area contributed by atoms with Crippen LogP contribution in [-0.2, 0) is 14.8 Å². The second kappa shape index (κ2) is 9.11. The molecule has 156 valence electrons. The summed E-state index contributed by atoms with van der Waals surface area (Å²) in [6.07, 6.45) is 1.51. The molecule has 1 saturated heterocycles. The summed E-state index contributed by atoms with van der Waals surface area (Å²) < 4.78 is 26.9. The molecule has 0 radical (unpaired) electrons. The minimum absolute atomic E-state index is 0.0183. The summed E-state index contributed by atoms with van der Waals surface area (Å²) in [7, 11) is -3.54. The van der Waals surface area contributed by atoms with E-state index in [2.05, 4.69) is 5.32 Å². The van der Waals surface area contributed by atoms with Gasteiger partial charge in [-0.15, -0.1) is 0 Å². The zero-order valence-corrected chi connectivity index (χ0v) is 17.8. The number of hydrogen-bond donors (Lipinski definition) is 1. The molecule has 0 spiro atoms. The van der Waals surface area contributed by atoms with Crippen molar-refractivity contribution >= 4 is 21.6 Å². The Morgan fingerprint density at radius 3 is 2.33 bits per heavy atom. The molecule has 0 bridgehead atoms. The first-order chi connectivity index (χ1) is 14.3. The number of rotatable bonds is 5. The summed E-state index contributed by atoms with van der Waals surface area (Å²) >= 11 is 0. The van der Waals surface area contributed by atoms with Gasteiger partial charge in [0.2, 0.25) is 10.0 Å². The molecule has 0 aromatic heterocycles. The molecule has 8 heteroatoms. The smallest absolute Gasteiger partial charge is 0.267 e. The monoisotopic (exact) mass is 424 g/mol. The maximum atomic E-state index is 12.7. The first kappa shape index (κ1) is 21.6. The van der Waals surface area contributed by atoms with Crippen LogP contribution in [0.4, 0.5) is 5.69 Å². The van der Waals surface area contributed by atoms with Gasteiger partial charge < -0.3 is 10.2 Å².